The molecule has 6 nitrogen and oxygen atoms in total. The van der Waals surface area contributed by atoms with Gasteiger partial charge < -0.3 is 5.32 Å². The monoisotopic (exact) mass is 302 g/mol. The lowest BCUT2D eigenvalue weighted by Gasteiger charge is -2.12. The lowest BCUT2D eigenvalue weighted by molar-refractivity contribution is 0.601. The Bertz CT molecular complexity index is 810. The second kappa shape index (κ2) is 5.81. The molecule has 0 bridgehead atoms. The molecule has 0 aliphatic carbocycles. The maximum absolute atomic E-state index is 12.5. The minimum atomic E-state index is -3.83. The van der Waals surface area contributed by atoms with Crippen LogP contribution in [0, 0.1) is 18.3 Å². The Balaban J connectivity index is 2.48. The highest BCUT2D eigenvalue weighted by Gasteiger charge is 2.20. The van der Waals surface area contributed by atoms with Crippen LogP contribution >= 0.6 is 0 Å². The summed E-state index contributed by atoms with van der Waals surface area (Å²) in [5.74, 6) is 0.246. The van der Waals surface area contributed by atoms with E-state index in [0.29, 0.717) is 11.1 Å². The fraction of sp³-hybridized carbons (Fsp3) is 0.143. The fourth-order valence-corrected chi connectivity index (χ4v) is 3.13. The zero-order valence-electron chi connectivity index (χ0n) is 11.6. The first-order valence-electron chi connectivity index (χ1n) is 6.15. The Labute approximate surface area is 123 Å². The van der Waals surface area contributed by atoms with Gasteiger partial charge in [0.05, 0.1) is 11.3 Å². The van der Waals surface area contributed by atoms with Gasteiger partial charge in [-0.2, -0.15) is 5.26 Å². The van der Waals surface area contributed by atoms with Crippen LogP contribution < -0.4 is 10.0 Å². The second-order valence-electron chi connectivity index (χ2n) is 4.31. The summed E-state index contributed by atoms with van der Waals surface area (Å²) in [6.45, 7) is 1.75. The molecule has 2 rings (SSSR count). The number of nitrogens with zero attached hydrogens (tertiary/aromatic N) is 2. The first-order valence-corrected chi connectivity index (χ1v) is 7.63. The van der Waals surface area contributed by atoms with Crippen LogP contribution in [0.2, 0.25) is 0 Å². The van der Waals surface area contributed by atoms with E-state index in [1.165, 1.54) is 18.3 Å². The van der Waals surface area contributed by atoms with Crippen LogP contribution in [0.15, 0.2) is 41.4 Å². The molecule has 0 spiro atoms. The van der Waals surface area contributed by atoms with Gasteiger partial charge in [0.2, 0.25) is 0 Å². The van der Waals surface area contributed by atoms with Crippen molar-refractivity contribution in [1.82, 2.24) is 4.98 Å². The molecule has 0 unspecified atom stereocenters. The van der Waals surface area contributed by atoms with Gasteiger partial charge in [0.25, 0.3) is 10.0 Å². The van der Waals surface area contributed by atoms with E-state index in [2.05, 4.69) is 15.0 Å². The Morgan fingerprint density at radius 2 is 2.00 bits per heavy atom. The number of aromatic nitrogens is 1. The first-order chi connectivity index (χ1) is 9.99. The maximum Gasteiger partial charge on any atom is 0.265 e. The molecule has 21 heavy (non-hydrogen) atoms. The van der Waals surface area contributed by atoms with Crippen LogP contribution in [0.25, 0.3) is 0 Å². The molecular formula is C14H14N4O2S. The molecule has 0 amide bonds. The van der Waals surface area contributed by atoms with Crippen molar-refractivity contribution in [3.8, 4) is 6.07 Å². The number of rotatable bonds is 4. The summed E-state index contributed by atoms with van der Waals surface area (Å²) in [6.07, 6.45) is 1.50. The van der Waals surface area contributed by atoms with Crippen molar-refractivity contribution in [3.05, 3.63) is 47.7 Å². The highest BCUT2D eigenvalue weighted by molar-refractivity contribution is 7.92. The quantitative estimate of drug-likeness (QED) is 0.902. The van der Waals surface area contributed by atoms with E-state index >= 15 is 0 Å². The van der Waals surface area contributed by atoms with Crippen LogP contribution in [-0.4, -0.2) is 20.4 Å². The standard InChI is InChI=1S/C14H14N4O2S/c1-10-5-3-6-12(11(10)9-15)18-21(19,20)13-7-4-8-17-14(13)16-2/h3-8,18H,1-2H3,(H,16,17). The minimum Gasteiger partial charge on any atom is -0.372 e. The van der Waals surface area contributed by atoms with E-state index < -0.39 is 10.0 Å². The highest BCUT2D eigenvalue weighted by Crippen LogP contribution is 2.24. The number of nitrogens with one attached hydrogen (secondary N) is 2. The van der Waals surface area contributed by atoms with Gasteiger partial charge >= 0.3 is 0 Å². The molecule has 2 N–H and O–H groups in total. The summed E-state index contributed by atoms with van der Waals surface area (Å²) in [4.78, 5) is 4.00. The predicted octanol–water partition coefficient (Wildman–Crippen LogP) is 2.10. The van der Waals surface area contributed by atoms with Crippen molar-refractivity contribution in [1.29, 1.82) is 5.26 Å². The molecule has 1 aromatic heterocycles. The largest absolute Gasteiger partial charge is 0.372 e. The summed E-state index contributed by atoms with van der Waals surface area (Å²) in [5, 5.41) is 11.9. The van der Waals surface area contributed by atoms with E-state index in [4.69, 9.17) is 5.26 Å². The number of sulfonamides is 1. The molecule has 0 saturated heterocycles. The lowest BCUT2D eigenvalue weighted by Crippen LogP contribution is -2.16. The fourth-order valence-electron chi connectivity index (χ4n) is 1.90. The highest BCUT2D eigenvalue weighted by atomic mass is 32.2. The molecule has 0 radical (unpaired) electrons. The molecule has 2 aromatic rings. The average molecular weight is 302 g/mol. The van der Waals surface area contributed by atoms with Crippen molar-refractivity contribution in [2.75, 3.05) is 17.1 Å². The molecular weight excluding hydrogens is 288 g/mol. The first kappa shape index (κ1) is 14.8. The number of hydrogen-bond acceptors (Lipinski definition) is 5. The Morgan fingerprint density at radius 1 is 1.24 bits per heavy atom. The number of nitriles is 1. The third-order valence-corrected chi connectivity index (χ3v) is 4.32. The topological polar surface area (TPSA) is 94.9 Å². The van der Waals surface area contributed by atoms with Crippen molar-refractivity contribution in [2.24, 2.45) is 0 Å². The molecule has 108 valence electrons. The average Bonchev–Trinajstić information content (AvgIpc) is 2.47. The molecule has 1 aromatic carbocycles. The third-order valence-electron chi connectivity index (χ3n) is 2.93. The van der Waals surface area contributed by atoms with E-state index in [9.17, 15) is 8.42 Å². The van der Waals surface area contributed by atoms with Gasteiger partial charge in [0.1, 0.15) is 16.8 Å². The van der Waals surface area contributed by atoms with Crippen LogP contribution in [-0.2, 0) is 10.0 Å². The van der Waals surface area contributed by atoms with Gasteiger partial charge in [-0.05, 0) is 30.7 Å². The van der Waals surface area contributed by atoms with Gasteiger partial charge in [0.15, 0.2) is 0 Å². The summed E-state index contributed by atoms with van der Waals surface area (Å²) >= 11 is 0. The second-order valence-corrected chi connectivity index (χ2v) is 5.97. The van der Waals surface area contributed by atoms with Crippen LogP contribution in [0.1, 0.15) is 11.1 Å². The normalized spacial score (nSPS) is 10.7. The Morgan fingerprint density at radius 3 is 2.67 bits per heavy atom. The lowest BCUT2D eigenvalue weighted by atomic mass is 10.1. The molecule has 7 heteroatoms. The molecule has 0 fully saturated rings. The Hall–Kier alpha value is -2.59. The summed E-state index contributed by atoms with van der Waals surface area (Å²) < 4.78 is 27.4. The predicted molar refractivity (Wildman–Crippen MR) is 80.5 cm³/mol. The van der Waals surface area contributed by atoms with Crippen molar-refractivity contribution >= 4 is 21.5 Å². The van der Waals surface area contributed by atoms with Crippen LogP contribution in [0.4, 0.5) is 11.5 Å². The molecule has 1 heterocycles. The number of aryl methyl sites for hydroxylation is 1. The van der Waals surface area contributed by atoms with Gasteiger partial charge in [-0.1, -0.05) is 12.1 Å². The summed E-state index contributed by atoms with van der Waals surface area (Å²) in [6, 6.07) is 9.99. The van der Waals surface area contributed by atoms with E-state index in [-0.39, 0.29) is 16.4 Å². The van der Waals surface area contributed by atoms with Crippen LogP contribution in [0.5, 0.6) is 0 Å². The molecule has 0 aliphatic heterocycles. The summed E-state index contributed by atoms with van der Waals surface area (Å²) in [5.41, 5.74) is 1.26. The van der Waals surface area contributed by atoms with Crippen molar-refractivity contribution < 1.29 is 8.42 Å². The molecule has 0 saturated carbocycles. The smallest absolute Gasteiger partial charge is 0.265 e. The van der Waals surface area contributed by atoms with Crippen LogP contribution in [0.3, 0.4) is 0 Å². The minimum absolute atomic E-state index is 0.0258. The van der Waals surface area contributed by atoms with E-state index in [0.717, 1.165) is 0 Å². The van der Waals surface area contributed by atoms with Gasteiger partial charge in [-0.25, -0.2) is 13.4 Å². The number of benzene rings is 1. The van der Waals surface area contributed by atoms with Crippen molar-refractivity contribution in [2.45, 2.75) is 11.8 Å². The summed E-state index contributed by atoms with van der Waals surface area (Å²) in [7, 11) is -2.24. The Kier molecular flexibility index (Phi) is 4.10. The van der Waals surface area contributed by atoms with Gasteiger partial charge in [-0.3, -0.25) is 4.72 Å². The van der Waals surface area contributed by atoms with Gasteiger partial charge in [-0.15, -0.1) is 0 Å². The van der Waals surface area contributed by atoms with E-state index in [1.807, 2.05) is 6.07 Å². The molecule has 0 aliphatic rings. The number of hydrogen-bond donors (Lipinski definition) is 2. The van der Waals surface area contributed by atoms with Gasteiger partial charge in [0, 0.05) is 13.2 Å². The number of anilines is 2. The SMILES string of the molecule is CNc1ncccc1S(=O)(=O)Nc1cccc(C)c1C#N. The van der Waals surface area contributed by atoms with Crippen molar-refractivity contribution in [3.63, 3.8) is 0 Å². The third kappa shape index (κ3) is 2.95. The van der Waals surface area contributed by atoms with E-state index in [1.54, 1.807) is 32.2 Å². The zero-order chi connectivity index (χ0) is 15.5. The maximum atomic E-state index is 12.5. The zero-order valence-corrected chi connectivity index (χ0v) is 12.4. The number of pyridine rings is 1. The molecule has 0 atom stereocenters.